The summed E-state index contributed by atoms with van der Waals surface area (Å²) in [6.45, 7) is 9.37. The average Bonchev–Trinajstić information content (AvgIpc) is 2.18. The number of methoxy groups -OCH3 is 1. The van der Waals surface area contributed by atoms with E-state index in [9.17, 15) is 0 Å². The Morgan fingerprint density at radius 1 is 1.46 bits per heavy atom. The Balaban J connectivity index is 3.13. The van der Waals surface area contributed by atoms with Gasteiger partial charge in [-0.2, -0.15) is 0 Å². The third kappa shape index (κ3) is 1.91. The molecule has 0 N–H and O–H groups in total. The average molecular weight is 177 g/mol. The highest BCUT2D eigenvalue weighted by Gasteiger charge is 2.08. The van der Waals surface area contributed by atoms with Crippen molar-refractivity contribution in [3.8, 4) is 11.5 Å². The number of para-hydroxylation sites is 1. The van der Waals surface area contributed by atoms with Gasteiger partial charge in [0.2, 0.25) is 5.69 Å². The summed E-state index contributed by atoms with van der Waals surface area (Å²) in [4.78, 5) is 3.33. The Labute approximate surface area is 77.7 Å². The van der Waals surface area contributed by atoms with Gasteiger partial charge >= 0.3 is 0 Å². The van der Waals surface area contributed by atoms with Crippen molar-refractivity contribution in [2.45, 2.75) is 6.92 Å². The predicted octanol–water partition coefficient (Wildman–Crippen LogP) is 2.64. The van der Waals surface area contributed by atoms with Gasteiger partial charge in [-0.1, -0.05) is 12.1 Å². The maximum absolute atomic E-state index is 6.91. The number of hydrogen-bond donors (Lipinski definition) is 0. The molecule has 0 unspecified atom stereocenters. The zero-order valence-corrected chi connectivity index (χ0v) is 7.70. The van der Waals surface area contributed by atoms with E-state index in [-0.39, 0.29) is 0 Å². The molecule has 68 valence electrons. The van der Waals surface area contributed by atoms with Crippen molar-refractivity contribution in [2.24, 2.45) is 0 Å². The quantitative estimate of drug-likeness (QED) is 0.662. The molecular weight excluding hydrogens is 166 g/mol. The Hall–Kier alpha value is -1.69. The molecule has 0 fully saturated rings. The summed E-state index contributed by atoms with van der Waals surface area (Å²) in [5.74, 6) is 1.14. The van der Waals surface area contributed by atoms with E-state index >= 15 is 0 Å². The summed E-state index contributed by atoms with van der Waals surface area (Å²) in [6.07, 6.45) is 0. The van der Waals surface area contributed by atoms with Crippen molar-refractivity contribution in [1.82, 2.24) is 0 Å². The van der Waals surface area contributed by atoms with Gasteiger partial charge in [-0.3, -0.25) is 0 Å². The lowest BCUT2D eigenvalue weighted by Crippen LogP contribution is -1.94. The molecule has 0 aliphatic heterocycles. The lowest BCUT2D eigenvalue weighted by molar-refractivity contribution is 0.312. The van der Waals surface area contributed by atoms with E-state index < -0.39 is 0 Å². The number of benzene rings is 1. The van der Waals surface area contributed by atoms with E-state index in [1.54, 1.807) is 18.2 Å². The van der Waals surface area contributed by atoms with Gasteiger partial charge in [0.1, 0.15) is 5.75 Å². The van der Waals surface area contributed by atoms with Gasteiger partial charge in [0.25, 0.3) is 0 Å². The zero-order valence-electron chi connectivity index (χ0n) is 7.70. The van der Waals surface area contributed by atoms with Crippen LogP contribution >= 0.6 is 0 Å². The molecule has 0 aliphatic rings. The molecule has 0 bridgehead atoms. The van der Waals surface area contributed by atoms with E-state index in [2.05, 4.69) is 4.85 Å². The van der Waals surface area contributed by atoms with Crippen LogP contribution in [0.3, 0.4) is 0 Å². The topological polar surface area (TPSA) is 22.8 Å². The largest absolute Gasteiger partial charge is 0.504 e. The number of ether oxygens (including phenoxy) is 2. The molecule has 0 heterocycles. The van der Waals surface area contributed by atoms with Crippen LogP contribution in [-0.4, -0.2) is 13.7 Å². The highest BCUT2D eigenvalue weighted by Crippen LogP contribution is 2.36. The first-order valence-electron chi connectivity index (χ1n) is 4.00. The van der Waals surface area contributed by atoms with Crippen molar-refractivity contribution in [1.29, 1.82) is 0 Å². The number of hydrogen-bond acceptors (Lipinski definition) is 2. The predicted molar refractivity (Wildman–Crippen MR) is 50.4 cm³/mol. The molecule has 0 saturated carbocycles. The van der Waals surface area contributed by atoms with E-state index in [1.165, 1.54) is 7.11 Å². The molecule has 0 amide bonds. The monoisotopic (exact) mass is 177 g/mol. The molecule has 0 saturated heterocycles. The van der Waals surface area contributed by atoms with E-state index in [0.29, 0.717) is 23.8 Å². The van der Waals surface area contributed by atoms with Gasteiger partial charge in [-0.25, -0.2) is 4.85 Å². The second kappa shape index (κ2) is 4.36. The fourth-order valence-corrected chi connectivity index (χ4v) is 1.07. The normalized spacial score (nSPS) is 9.00. The van der Waals surface area contributed by atoms with Crippen LogP contribution in [-0.2, 0) is 0 Å². The van der Waals surface area contributed by atoms with Crippen molar-refractivity contribution >= 4 is 5.69 Å². The van der Waals surface area contributed by atoms with Crippen LogP contribution in [0.25, 0.3) is 4.85 Å². The zero-order chi connectivity index (χ0) is 9.68. The third-order valence-corrected chi connectivity index (χ3v) is 1.58. The first kappa shape index (κ1) is 9.40. The molecular formula is C10H11NO2. The van der Waals surface area contributed by atoms with Crippen LogP contribution in [0.2, 0.25) is 0 Å². The summed E-state index contributed by atoms with van der Waals surface area (Å²) in [5.41, 5.74) is 0.480. The van der Waals surface area contributed by atoms with Gasteiger partial charge in [0, 0.05) is 0 Å². The molecule has 0 aliphatic carbocycles. The van der Waals surface area contributed by atoms with Crippen molar-refractivity contribution in [2.75, 3.05) is 13.7 Å². The fraction of sp³-hybridized carbons (Fsp3) is 0.300. The van der Waals surface area contributed by atoms with Crippen molar-refractivity contribution in [3.63, 3.8) is 0 Å². The summed E-state index contributed by atoms with van der Waals surface area (Å²) in [7, 11) is 1.53. The summed E-state index contributed by atoms with van der Waals surface area (Å²) >= 11 is 0. The molecule has 13 heavy (non-hydrogen) atoms. The second-order valence-electron chi connectivity index (χ2n) is 2.35. The summed E-state index contributed by atoms with van der Waals surface area (Å²) in [5, 5.41) is 0. The van der Waals surface area contributed by atoms with Crippen molar-refractivity contribution in [3.05, 3.63) is 29.6 Å². The highest BCUT2D eigenvalue weighted by atomic mass is 16.5. The van der Waals surface area contributed by atoms with Crippen LogP contribution in [0, 0.1) is 6.57 Å². The molecule has 1 rings (SSSR count). The first-order chi connectivity index (χ1) is 6.33. The Kier molecular flexibility index (Phi) is 3.15. The fourth-order valence-electron chi connectivity index (χ4n) is 1.07. The van der Waals surface area contributed by atoms with E-state index in [1.807, 2.05) is 6.92 Å². The maximum Gasteiger partial charge on any atom is 0.231 e. The lowest BCUT2D eigenvalue weighted by Gasteiger charge is -2.09. The van der Waals surface area contributed by atoms with Gasteiger partial charge in [0.15, 0.2) is 5.75 Å². The molecule has 1 aromatic rings. The third-order valence-electron chi connectivity index (χ3n) is 1.58. The van der Waals surface area contributed by atoms with Gasteiger partial charge in [0.05, 0.1) is 20.3 Å². The molecule has 1 aromatic carbocycles. The van der Waals surface area contributed by atoms with Crippen LogP contribution in [0.15, 0.2) is 18.2 Å². The highest BCUT2D eigenvalue weighted by molar-refractivity contribution is 5.63. The molecule has 3 heteroatoms. The summed E-state index contributed by atoms with van der Waals surface area (Å²) < 4.78 is 10.4. The van der Waals surface area contributed by atoms with E-state index in [0.717, 1.165) is 0 Å². The molecule has 0 spiro atoms. The Bertz CT molecular complexity index is 328. The van der Waals surface area contributed by atoms with Crippen LogP contribution in [0.5, 0.6) is 11.5 Å². The SMILES string of the molecule is [C-]#[N+]c1cccc(OCC)c1OC. The maximum atomic E-state index is 6.91. The van der Waals surface area contributed by atoms with E-state index in [4.69, 9.17) is 16.0 Å². The van der Waals surface area contributed by atoms with Gasteiger partial charge in [-0.05, 0) is 13.0 Å². The van der Waals surface area contributed by atoms with Gasteiger partial charge < -0.3 is 9.47 Å². The molecule has 0 radical (unpaired) electrons. The van der Waals surface area contributed by atoms with Crippen LogP contribution in [0.4, 0.5) is 5.69 Å². The molecule has 0 atom stereocenters. The minimum atomic E-state index is 0.480. The molecule has 0 aromatic heterocycles. The smallest absolute Gasteiger partial charge is 0.231 e. The van der Waals surface area contributed by atoms with Gasteiger partial charge in [-0.15, -0.1) is 0 Å². The van der Waals surface area contributed by atoms with Crippen LogP contribution in [0.1, 0.15) is 6.92 Å². The minimum Gasteiger partial charge on any atom is -0.504 e. The first-order valence-corrected chi connectivity index (χ1v) is 4.00. The number of rotatable bonds is 3. The van der Waals surface area contributed by atoms with Crippen molar-refractivity contribution < 1.29 is 9.47 Å². The minimum absolute atomic E-state index is 0.480. The molecule has 3 nitrogen and oxygen atoms in total. The Morgan fingerprint density at radius 2 is 2.23 bits per heavy atom. The number of nitrogens with zero attached hydrogens (tertiary/aromatic N) is 1. The second-order valence-corrected chi connectivity index (χ2v) is 2.35. The summed E-state index contributed by atoms with van der Waals surface area (Å²) in [6, 6.07) is 5.27. The van der Waals surface area contributed by atoms with Crippen LogP contribution < -0.4 is 9.47 Å². The standard InChI is InChI=1S/C10H11NO2/c1-4-13-9-7-5-6-8(11-2)10(9)12-3/h5-7H,4H2,1,3H3. The lowest BCUT2D eigenvalue weighted by atomic mass is 10.3. The Morgan fingerprint density at radius 3 is 2.77 bits per heavy atom.